The molecule has 0 fully saturated rings. The third kappa shape index (κ3) is 7.32. The minimum absolute atomic E-state index is 0.0754. The number of aliphatic imine (C=N–C) groups is 1. The van der Waals surface area contributed by atoms with Crippen LogP contribution in [0.3, 0.4) is 0 Å². The lowest BCUT2D eigenvalue weighted by Gasteiger charge is -2.28. The van der Waals surface area contributed by atoms with Gasteiger partial charge in [0.2, 0.25) is 5.90 Å². The van der Waals surface area contributed by atoms with Crippen LogP contribution in [0, 0.1) is 0 Å². The second kappa shape index (κ2) is 13.6. The topological polar surface area (TPSA) is 92.2 Å². The summed E-state index contributed by atoms with van der Waals surface area (Å²) in [6, 6.07) is 20.5. The lowest BCUT2D eigenvalue weighted by atomic mass is 9.86. The van der Waals surface area contributed by atoms with Crippen molar-refractivity contribution in [2.24, 2.45) is 4.99 Å². The number of rotatable bonds is 12. The van der Waals surface area contributed by atoms with Crippen LogP contribution in [0.1, 0.15) is 30.0 Å². The van der Waals surface area contributed by atoms with Gasteiger partial charge in [0.15, 0.2) is 5.54 Å². The SMILES string of the molecule is C[C@@H]1OC(c2ccc(OCCCO)cc2)=N[C@]1(Cc1ccccc1Br)C(=O)NNCCc1ccc(Cl)cc1Cl. The molecule has 3 aromatic rings. The summed E-state index contributed by atoms with van der Waals surface area (Å²) in [5.74, 6) is 0.771. The molecule has 0 unspecified atom stereocenters. The van der Waals surface area contributed by atoms with Gasteiger partial charge in [-0.25, -0.2) is 10.4 Å². The van der Waals surface area contributed by atoms with E-state index in [4.69, 9.17) is 42.8 Å². The fourth-order valence-electron chi connectivity index (χ4n) is 4.25. The fraction of sp³-hybridized carbons (Fsp3) is 0.310. The van der Waals surface area contributed by atoms with Crippen molar-refractivity contribution in [3.8, 4) is 5.75 Å². The third-order valence-corrected chi connectivity index (χ3v) is 7.84. The zero-order chi connectivity index (χ0) is 27.8. The number of hydrazine groups is 1. The van der Waals surface area contributed by atoms with Crippen molar-refractivity contribution in [3.63, 3.8) is 0 Å². The van der Waals surface area contributed by atoms with E-state index in [1.54, 1.807) is 12.1 Å². The molecule has 4 rings (SSSR count). The smallest absolute Gasteiger partial charge is 0.266 e. The quantitative estimate of drug-likeness (QED) is 0.180. The van der Waals surface area contributed by atoms with Crippen molar-refractivity contribution in [2.45, 2.75) is 37.8 Å². The number of benzene rings is 3. The number of hydrogen-bond acceptors (Lipinski definition) is 6. The average Bonchev–Trinajstić information content (AvgIpc) is 3.26. The van der Waals surface area contributed by atoms with Gasteiger partial charge in [-0.3, -0.25) is 10.2 Å². The Balaban J connectivity index is 1.52. The lowest BCUT2D eigenvalue weighted by molar-refractivity contribution is -0.129. The van der Waals surface area contributed by atoms with Gasteiger partial charge in [0.05, 0.1) is 6.61 Å². The second-order valence-corrected chi connectivity index (χ2v) is 10.9. The van der Waals surface area contributed by atoms with Gasteiger partial charge in [0, 0.05) is 46.1 Å². The zero-order valence-electron chi connectivity index (χ0n) is 21.4. The highest BCUT2D eigenvalue weighted by Gasteiger charge is 2.50. The molecule has 10 heteroatoms. The molecule has 206 valence electrons. The Morgan fingerprint density at radius 2 is 1.90 bits per heavy atom. The molecular weight excluding hydrogens is 605 g/mol. The molecule has 1 aliphatic rings. The molecule has 0 spiro atoms. The summed E-state index contributed by atoms with van der Waals surface area (Å²) in [7, 11) is 0. The maximum atomic E-state index is 13.7. The summed E-state index contributed by atoms with van der Waals surface area (Å²) in [5.41, 5.74) is 7.26. The molecule has 2 atom stereocenters. The fourth-order valence-corrected chi connectivity index (χ4v) is 5.18. The van der Waals surface area contributed by atoms with Crippen molar-refractivity contribution >= 4 is 50.9 Å². The van der Waals surface area contributed by atoms with E-state index >= 15 is 0 Å². The van der Waals surface area contributed by atoms with Crippen molar-refractivity contribution in [1.82, 2.24) is 10.9 Å². The van der Waals surface area contributed by atoms with Gasteiger partial charge < -0.3 is 14.6 Å². The Bertz CT molecular complexity index is 1320. The number of nitrogens with zero attached hydrogens (tertiary/aromatic N) is 1. The van der Waals surface area contributed by atoms with Crippen molar-refractivity contribution < 1.29 is 19.4 Å². The van der Waals surface area contributed by atoms with E-state index in [1.165, 1.54) is 0 Å². The third-order valence-electron chi connectivity index (χ3n) is 6.48. The Morgan fingerprint density at radius 1 is 1.13 bits per heavy atom. The first-order valence-corrected chi connectivity index (χ1v) is 14.2. The van der Waals surface area contributed by atoms with E-state index in [-0.39, 0.29) is 12.5 Å². The average molecular weight is 635 g/mol. The molecule has 3 N–H and O–H groups in total. The van der Waals surface area contributed by atoms with Gasteiger partial charge in [-0.2, -0.15) is 0 Å². The van der Waals surface area contributed by atoms with Gasteiger partial charge in [-0.15, -0.1) is 0 Å². The van der Waals surface area contributed by atoms with Crippen LogP contribution < -0.4 is 15.6 Å². The van der Waals surface area contributed by atoms with E-state index in [1.807, 2.05) is 61.5 Å². The highest BCUT2D eigenvalue weighted by atomic mass is 79.9. The van der Waals surface area contributed by atoms with E-state index < -0.39 is 11.6 Å². The maximum Gasteiger partial charge on any atom is 0.266 e. The van der Waals surface area contributed by atoms with Gasteiger partial charge in [-0.05, 0) is 66.9 Å². The number of carbonyl (C=O) groups excluding carboxylic acids is 1. The first-order valence-electron chi connectivity index (χ1n) is 12.6. The van der Waals surface area contributed by atoms with E-state index in [0.29, 0.717) is 54.1 Å². The minimum Gasteiger partial charge on any atom is -0.494 e. The Labute approximate surface area is 246 Å². The minimum atomic E-state index is -1.21. The predicted octanol–water partition coefficient (Wildman–Crippen LogP) is 5.53. The predicted molar refractivity (Wildman–Crippen MR) is 158 cm³/mol. The van der Waals surface area contributed by atoms with Crippen LogP contribution in [-0.2, 0) is 22.4 Å². The van der Waals surface area contributed by atoms with Crippen molar-refractivity contribution in [1.29, 1.82) is 0 Å². The highest BCUT2D eigenvalue weighted by molar-refractivity contribution is 9.10. The second-order valence-electron chi connectivity index (χ2n) is 9.19. The summed E-state index contributed by atoms with van der Waals surface area (Å²) in [4.78, 5) is 18.6. The lowest BCUT2D eigenvalue weighted by Crippen LogP contribution is -2.56. The molecule has 0 saturated heterocycles. The number of aliphatic hydroxyl groups is 1. The molecular formula is C29H30BrCl2N3O4. The van der Waals surface area contributed by atoms with Crippen LogP contribution in [0.2, 0.25) is 10.0 Å². The maximum absolute atomic E-state index is 13.7. The van der Waals surface area contributed by atoms with E-state index in [0.717, 1.165) is 21.2 Å². The molecule has 0 aromatic heterocycles. The molecule has 0 bridgehead atoms. The largest absolute Gasteiger partial charge is 0.494 e. The number of amides is 1. The summed E-state index contributed by atoms with van der Waals surface area (Å²) in [6.07, 6.45) is 0.953. The number of halogens is 3. The number of ether oxygens (including phenoxy) is 2. The Morgan fingerprint density at radius 3 is 2.62 bits per heavy atom. The number of aliphatic hydroxyl groups excluding tert-OH is 1. The first-order chi connectivity index (χ1) is 18.8. The van der Waals surface area contributed by atoms with Gasteiger partial charge in [0.1, 0.15) is 11.9 Å². The normalized spacial score (nSPS) is 18.4. The highest BCUT2D eigenvalue weighted by Crippen LogP contribution is 2.34. The van der Waals surface area contributed by atoms with Crippen LogP contribution in [0.5, 0.6) is 5.75 Å². The molecule has 0 radical (unpaired) electrons. The molecule has 0 aliphatic carbocycles. The number of hydrogen-bond donors (Lipinski definition) is 3. The van der Waals surface area contributed by atoms with Crippen LogP contribution in [0.15, 0.2) is 76.2 Å². The molecule has 1 heterocycles. The van der Waals surface area contributed by atoms with Gasteiger partial charge in [-0.1, -0.05) is 63.4 Å². The van der Waals surface area contributed by atoms with Crippen LogP contribution >= 0.6 is 39.1 Å². The Kier molecular flexibility index (Phi) is 10.3. The monoisotopic (exact) mass is 633 g/mol. The molecule has 1 amide bonds. The molecule has 3 aromatic carbocycles. The van der Waals surface area contributed by atoms with Gasteiger partial charge >= 0.3 is 0 Å². The first kappa shape index (κ1) is 29.4. The van der Waals surface area contributed by atoms with Gasteiger partial charge in [0.25, 0.3) is 5.91 Å². The van der Waals surface area contributed by atoms with Crippen LogP contribution in [0.25, 0.3) is 0 Å². The van der Waals surface area contributed by atoms with Crippen molar-refractivity contribution in [2.75, 3.05) is 19.8 Å². The van der Waals surface area contributed by atoms with E-state index in [2.05, 4.69) is 26.8 Å². The van der Waals surface area contributed by atoms with E-state index in [9.17, 15) is 4.79 Å². The van der Waals surface area contributed by atoms with Crippen LogP contribution in [0.4, 0.5) is 0 Å². The number of carbonyl (C=O) groups is 1. The molecule has 1 aliphatic heterocycles. The molecule has 7 nitrogen and oxygen atoms in total. The van der Waals surface area contributed by atoms with Crippen molar-refractivity contribution in [3.05, 3.63) is 97.9 Å². The van der Waals surface area contributed by atoms with Crippen LogP contribution in [-0.4, -0.2) is 48.3 Å². The standard InChI is InChI=1S/C29H30BrCl2N3O4/c1-19-29(18-22-5-2-3-6-25(22)30,28(37)35-33-14-13-20-7-10-23(31)17-26(20)32)34-27(39-19)21-8-11-24(12-9-21)38-16-4-15-36/h2-3,5-12,17,19,33,36H,4,13-16,18H2,1H3,(H,35,37)/t19-,29-/m0/s1. The summed E-state index contributed by atoms with van der Waals surface area (Å²) in [5, 5.41) is 10.1. The molecule has 39 heavy (non-hydrogen) atoms. The zero-order valence-corrected chi connectivity index (χ0v) is 24.5. The summed E-state index contributed by atoms with van der Waals surface area (Å²) < 4.78 is 12.7. The Hall–Kier alpha value is -2.62. The molecule has 0 saturated carbocycles. The summed E-state index contributed by atoms with van der Waals surface area (Å²) in [6.45, 7) is 2.82. The number of nitrogens with one attached hydrogen (secondary N) is 2. The summed E-state index contributed by atoms with van der Waals surface area (Å²) >= 11 is 15.9.